The molecule has 2 atom stereocenters. The van der Waals surface area contributed by atoms with Gasteiger partial charge >= 0.3 is 5.97 Å². The minimum Gasteiger partial charge on any atom is -0.465 e. The molecule has 1 saturated carbocycles. The molecule has 110 valence electrons. The van der Waals surface area contributed by atoms with Crippen molar-refractivity contribution in [2.75, 3.05) is 6.61 Å². The molecule has 3 rings (SSSR count). The van der Waals surface area contributed by atoms with Gasteiger partial charge in [0.15, 0.2) is 0 Å². The van der Waals surface area contributed by atoms with Gasteiger partial charge in [-0.25, -0.2) is 0 Å². The monoisotopic (exact) mass is 285 g/mol. The van der Waals surface area contributed by atoms with Crippen molar-refractivity contribution in [3.63, 3.8) is 0 Å². The van der Waals surface area contributed by atoms with Crippen LogP contribution < -0.4 is 0 Å². The first kappa shape index (κ1) is 13.9. The summed E-state index contributed by atoms with van der Waals surface area (Å²) in [6.07, 6.45) is 3.22. The van der Waals surface area contributed by atoms with Crippen molar-refractivity contribution in [3.05, 3.63) is 36.0 Å². The largest absolute Gasteiger partial charge is 0.465 e. The van der Waals surface area contributed by atoms with Gasteiger partial charge in [0, 0.05) is 36.5 Å². The van der Waals surface area contributed by atoms with E-state index in [1.807, 2.05) is 25.4 Å². The van der Waals surface area contributed by atoms with Crippen LogP contribution in [0.25, 0.3) is 10.9 Å². The lowest BCUT2D eigenvalue weighted by atomic mass is 9.88. The molecule has 0 saturated heterocycles. The van der Waals surface area contributed by atoms with Crippen LogP contribution in [0.3, 0.4) is 0 Å². The van der Waals surface area contributed by atoms with Crippen LogP contribution in [-0.2, 0) is 21.4 Å². The van der Waals surface area contributed by atoms with Crippen LogP contribution in [0.5, 0.6) is 0 Å². The molecule has 1 aromatic carbocycles. The topological polar surface area (TPSA) is 48.3 Å². The quantitative estimate of drug-likeness (QED) is 0.643. The zero-order valence-corrected chi connectivity index (χ0v) is 12.3. The van der Waals surface area contributed by atoms with Gasteiger partial charge in [0.25, 0.3) is 0 Å². The normalized spacial score (nSPS) is 21.9. The van der Waals surface area contributed by atoms with Gasteiger partial charge in [-0.1, -0.05) is 18.2 Å². The summed E-state index contributed by atoms with van der Waals surface area (Å²) in [5.74, 6) is -1.08. The molecule has 4 nitrogen and oxygen atoms in total. The van der Waals surface area contributed by atoms with Gasteiger partial charge in [0.1, 0.15) is 11.7 Å². The van der Waals surface area contributed by atoms with Crippen LogP contribution in [-0.4, -0.2) is 22.9 Å². The highest BCUT2D eigenvalue weighted by Gasteiger charge is 2.42. The average Bonchev–Trinajstić information content (AvgIpc) is 3.01. The summed E-state index contributed by atoms with van der Waals surface area (Å²) in [4.78, 5) is 24.2. The number of fused-ring (bicyclic) bond motifs is 1. The number of para-hydroxylation sites is 1. The standard InChI is InChI=1S/C17H19NO3/c1-3-21-17(20)16-12(8-9-15(16)19)13-10-18(2)14-7-5-4-6-11(13)14/h4-7,10,12,16H,3,8-9H2,1-2H3. The molecule has 4 heteroatoms. The number of rotatable bonds is 3. The molecule has 21 heavy (non-hydrogen) atoms. The second-order valence-corrected chi connectivity index (χ2v) is 5.55. The van der Waals surface area contributed by atoms with E-state index >= 15 is 0 Å². The first-order chi connectivity index (χ1) is 10.1. The Hall–Kier alpha value is -2.10. The fourth-order valence-electron chi connectivity index (χ4n) is 3.38. The maximum Gasteiger partial charge on any atom is 0.317 e. The molecule has 0 radical (unpaired) electrons. The predicted molar refractivity (Wildman–Crippen MR) is 80.0 cm³/mol. The van der Waals surface area contributed by atoms with Crippen molar-refractivity contribution in [1.29, 1.82) is 0 Å². The molecular formula is C17H19NO3. The number of esters is 1. The summed E-state index contributed by atoms with van der Waals surface area (Å²) >= 11 is 0. The van der Waals surface area contributed by atoms with Crippen molar-refractivity contribution in [1.82, 2.24) is 4.57 Å². The van der Waals surface area contributed by atoms with Gasteiger partial charge in [0.2, 0.25) is 0 Å². The number of aryl methyl sites for hydroxylation is 1. The Morgan fingerprint density at radius 3 is 2.90 bits per heavy atom. The minimum absolute atomic E-state index is 0.00591. The number of carbonyl (C=O) groups is 2. The van der Waals surface area contributed by atoms with E-state index in [1.54, 1.807) is 6.92 Å². The van der Waals surface area contributed by atoms with Crippen molar-refractivity contribution < 1.29 is 14.3 Å². The fraction of sp³-hybridized carbons (Fsp3) is 0.412. The average molecular weight is 285 g/mol. The van der Waals surface area contributed by atoms with Gasteiger partial charge in [-0.15, -0.1) is 0 Å². The van der Waals surface area contributed by atoms with Crippen LogP contribution in [0.15, 0.2) is 30.5 Å². The Labute approximate surface area is 123 Å². The summed E-state index contributed by atoms with van der Waals surface area (Å²) in [6.45, 7) is 2.08. The second-order valence-electron chi connectivity index (χ2n) is 5.55. The number of nitrogens with zero attached hydrogens (tertiary/aromatic N) is 1. The third kappa shape index (κ3) is 2.24. The van der Waals surface area contributed by atoms with E-state index in [2.05, 4.69) is 16.7 Å². The highest BCUT2D eigenvalue weighted by molar-refractivity contribution is 6.02. The van der Waals surface area contributed by atoms with Crippen molar-refractivity contribution >= 4 is 22.7 Å². The Bertz CT molecular complexity index is 701. The molecule has 0 bridgehead atoms. The number of Topliss-reactive ketones (excluding diaryl/α,β-unsaturated/α-hetero) is 1. The number of aromatic nitrogens is 1. The Morgan fingerprint density at radius 1 is 1.38 bits per heavy atom. The lowest BCUT2D eigenvalue weighted by molar-refractivity contribution is -0.151. The number of benzene rings is 1. The van der Waals surface area contributed by atoms with Gasteiger partial charge < -0.3 is 9.30 Å². The van der Waals surface area contributed by atoms with Crippen molar-refractivity contribution in [2.45, 2.75) is 25.7 Å². The Kier molecular flexibility index (Phi) is 3.53. The van der Waals surface area contributed by atoms with E-state index in [0.29, 0.717) is 13.0 Å². The predicted octanol–water partition coefficient (Wildman–Crippen LogP) is 2.80. The molecule has 0 spiro atoms. The van der Waals surface area contributed by atoms with E-state index < -0.39 is 5.92 Å². The summed E-state index contributed by atoms with van der Waals surface area (Å²) in [5.41, 5.74) is 2.20. The maximum atomic E-state index is 12.1. The SMILES string of the molecule is CCOC(=O)C1C(=O)CCC1c1cn(C)c2ccccc12. The summed E-state index contributed by atoms with van der Waals surface area (Å²) in [7, 11) is 1.99. The molecule has 0 amide bonds. The van der Waals surface area contributed by atoms with E-state index in [-0.39, 0.29) is 17.7 Å². The van der Waals surface area contributed by atoms with Crippen molar-refractivity contribution in [2.24, 2.45) is 13.0 Å². The highest BCUT2D eigenvalue weighted by atomic mass is 16.5. The number of carbonyl (C=O) groups excluding carboxylic acids is 2. The summed E-state index contributed by atoms with van der Waals surface area (Å²) < 4.78 is 7.15. The first-order valence-electron chi connectivity index (χ1n) is 7.36. The lowest BCUT2D eigenvalue weighted by Gasteiger charge is -2.16. The molecule has 0 aliphatic heterocycles. The third-order valence-corrected chi connectivity index (χ3v) is 4.32. The molecule has 1 aliphatic carbocycles. The Morgan fingerprint density at radius 2 is 2.14 bits per heavy atom. The maximum absolute atomic E-state index is 12.1. The van der Waals surface area contributed by atoms with Crippen molar-refractivity contribution in [3.8, 4) is 0 Å². The number of hydrogen-bond acceptors (Lipinski definition) is 3. The minimum atomic E-state index is -0.643. The van der Waals surface area contributed by atoms with Gasteiger partial charge in [-0.2, -0.15) is 0 Å². The van der Waals surface area contributed by atoms with E-state index in [1.165, 1.54) is 0 Å². The zero-order valence-electron chi connectivity index (χ0n) is 12.3. The molecule has 1 fully saturated rings. The summed E-state index contributed by atoms with van der Waals surface area (Å²) in [5, 5.41) is 1.12. The molecule has 1 aromatic heterocycles. The zero-order chi connectivity index (χ0) is 15.0. The smallest absolute Gasteiger partial charge is 0.317 e. The van der Waals surface area contributed by atoms with Crippen LogP contribution in [0.1, 0.15) is 31.2 Å². The van der Waals surface area contributed by atoms with Crippen LogP contribution in [0.4, 0.5) is 0 Å². The van der Waals surface area contributed by atoms with Crippen LogP contribution >= 0.6 is 0 Å². The third-order valence-electron chi connectivity index (χ3n) is 4.32. The van der Waals surface area contributed by atoms with Crippen LogP contribution in [0, 0.1) is 5.92 Å². The lowest BCUT2D eigenvalue weighted by Crippen LogP contribution is -2.26. The first-order valence-corrected chi connectivity index (χ1v) is 7.36. The number of hydrogen-bond donors (Lipinski definition) is 0. The van der Waals surface area contributed by atoms with E-state index in [4.69, 9.17) is 4.74 Å². The van der Waals surface area contributed by atoms with Gasteiger partial charge in [-0.05, 0) is 25.0 Å². The molecule has 1 aliphatic rings. The molecule has 2 unspecified atom stereocenters. The number of ketones is 1. The fourth-order valence-corrected chi connectivity index (χ4v) is 3.38. The van der Waals surface area contributed by atoms with Gasteiger partial charge in [0.05, 0.1) is 6.61 Å². The second kappa shape index (κ2) is 5.35. The summed E-state index contributed by atoms with van der Waals surface area (Å²) in [6, 6.07) is 8.08. The molecule has 1 heterocycles. The highest BCUT2D eigenvalue weighted by Crippen LogP contribution is 2.41. The number of ether oxygens (including phenoxy) is 1. The molecule has 2 aromatic rings. The Balaban J connectivity index is 2.05. The van der Waals surface area contributed by atoms with E-state index in [9.17, 15) is 9.59 Å². The van der Waals surface area contributed by atoms with E-state index in [0.717, 1.165) is 22.9 Å². The molecular weight excluding hydrogens is 266 g/mol. The van der Waals surface area contributed by atoms with Gasteiger partial charge in [-0.3, -0.25) is 9.59 Å². The molecule has 0 N–H and O–H groups in total. The van der Waals surface area contributed by atoms with Crippen LogP contribution in [0.2, 0.25) is 0 Å².